The summed E-state index contributed by atoms with van der Waals surface area (Å²) in [6.07, 6.45) is 2.39. The van der Waals surface area contributed by atoms with E-state index in [1.54, 1.807) is 6.08 Å². The summed E-state index contributed by atoms with van der Waals surface area (Å²) in [5.74, 6) is -1.65. The second-order valence-corrected chi connectivity index (χ2v) is 9.55. The molecule has 0 radical (unpaired) electrons. The third-order valence-corrected chi connectivity index (χ3v) is 5.51. The first-order valence-corrected chi connectivity index (χ1v) is 11.3. The van der Waals surface area contributed by atoms with Gasteiger partial charge < -0.3 is 19.3 Å². The molecular weight excluding hydrogens is 412 g/mol. The monoisotopic (exact) mass is 448 g/mol. The molecule has 7 heteroatoms. The highest BCUT2D eigenvalue weighted by molar-refractivity contribution is 5.91. The van der Waals surface area contributed by atoms with E-state index in [0.29, 0.717) is 18.4 Å². The largest absolute Gasteiger partial charge is 0.461 e. The topological polar surface area (TPSA) is 99.1 Å². The van der Waals surface area contributed by atoms with Gasteiger partial charge in [0.1, 0.15) is 18.8 Å². The SMILES string of the molecule is C=C1C(=O)O[C@H]2C/C(C)=C/C[C@@H](O)/C(COC(=O)CC(C)C)=C/[C@@H](OC(=O)CC(C)C)[C@H]12. The fourth-order valence-electron chi connectivity index (χ4n) is 3.86. The number of hydrogen-bond donors (Lipinski definition) is 1. The third-order valence-electron chi connectivity index (χ3n) is 5.51. The molecular formula is C25H36O7. The molecule has 0 spiro atoms. The van der Waals surface area contributed by atoms with Crippen molar-refractivity contribution in [3.63, 3.8) is 0 Å². The number of ether oxygens (including phenoxy) is 3. The van der Waals surface area contributed by atoms with Crippen LogP contribution in [0.4, 0.5) is 0 Å². The van der Waals surface area contributed by atoms with E-state index in [0.717, 1.165) is 5.57 Å². The van der Waals surface area contributed by atoms with E-state index in [9.17, 15) is 19.5 Å². The Morgan fingerprint density at radius 1 is 1.19 bits per heavy atom. The number of fused-ring (bicyclic) bond motifs is 1. The highest BCUT2D eigenvalue weighted by atomic mass is 16.6. The normalized spacial score (nSPS) is 29.5. The molecule has 0 amide bonds. The predicted octanol–water partition coefficient (Wildman–Crippen LogP) is 3.66. The van der Waals surface area contributed by atoms with Crippen LogP contribution in [0.5, 0.6) is 0 Å². The predicted molar refractivity (Wildman–Crippen MR) is 119 cm³/mol. The van der Waals surface area contributed by atoms with Crippen molar-refractivity contribution in [1.82, 2.24) is 0 Å². The van der Waals surface area contributed by atoms with Crippen molar-refractivity contribution in [3.05, 3.63) is 35.5 Å². The molecule has 0 aromatic rings. The van der Waals surface area contributed by atoms with Crippen LogP contribution < -0.4 is 0 Å². The zero-order chi connectivity index (χ0) is 24.0. The van der Waals surface area contributed by atoms with E-state index >= 15 is 0 Å². The Kier molecular flexibility index (Phi) is 9.25. The summed E-state index contributed by atoms with van der Waals surface area (Å²) >= 11 is 0. The van der Waals surface area contributed by atoms with E-state index in [4.69, 9.17) is 14.2 Å². The number of rotatable bonds is 7. The fraction of sp³-hybridized carbons (Fsp3) is 0.640. The first-order chi connectivity index (χ1) is 15.0. The Labute approximate surface area is 190 Å². The van der Waals surface area contributed by atoms with Gasteiger partial charge in [-0.25, -0.2) is 4.79 Å². The van der Waals surface area contributed by atoms with Gasteiger partial charge in [0, 0.05) is 24.8 Å². The summed E-state index contributed by atoms with van der Waals surface area (Å²) in [5.41, 5.74) is 1.58. The van der Waals surface area contributed by atoms with Crippen molar-refractivity contribution in [2.45, 2.75) is 78.6 Å². The van der Waals surface area contributed by atoms with Gasteiger partial charge in [0.15, 0.2) is 0 Å². The van der Waals surface area contributed by atoms with Crippen molar-refractivity contribution in [3.8, 4) is 0 Å². The lowest BCUT2D eigenvalue weighted by Gasteiger charge is -2.28. The molecule has 1 fully saturated rings. The highest BCUT2D eigenvalue weighted by Crippen LogP contribution is 2.36. The van der Waals surface area contributed by atoms with Gasteiger partial charge in [-0.1, -0.05) is 45.9 Å². The van der Waals surface area contributed by atoms with Crippen LogP contribution in [0.25, 0.3) is 0 Å². The first-order valence-electron chi connectivity index (χ1n) is 11.3. The lowest BCUT2D eigenvalue weighted by Crippen LogP contribution is -2.34. The number of aliphatic hydroxyl groups excluding tert-OH is 1. The Bertz CT molecular complexity index is 790. The number of carbonyl (C=O) groups excluding carboxylic acids is 3. The van der Waals surface area contributed by atoms with Crippen molar-refractivity contribution in [2.24, 2.45) is 17.8 Å². The van der Waals surface area contributed by atoms with E-state index in [1.807, 2.05) is 40.7 Å². The maximum atomic E-state index is 12.5. The molecule has 1 aliphatic carbocycles. The summed E-state index contributed by atoms with van der Waals surface area (Å²) in [6.45, 7) is 13.3. The molecule has 4 atom stereocenters. The molecule has 0 unspecified atom stereocenters. The number of esters is 3. The average molecular weight is 449 g/mol. The second-order valence-electron chi connectivity index (χ2n) is 9.55. The van der Waals surface area contributed by atoms with Crippen LogP contribution >= 0.6 is 0 Å². The third kappa shape index (κ3) is 7.33. The molecule has 0 bridgehead atoms. The maximum absolute atomic E-state index is 12.5. The van der Waals surface area contributed by atoms with Gasteiger partial charge in [-0.2, -0.15) is 0 Å². The number of carbonyl (C=O) groups is 3. The average Bonchev–Trinajstić information content (AvgIpc) is 2.94. The second kappa shape index (κ2) is 11.5. The van der Waals surface area contributed by atoms with Gasteiger partial charge in [0.2, 0.25) is 0 Å². The van der Waals surface area contributed by atoms with Gasteiger partial charge in [0.05, 0.1) is 12.0 Å². The molecule has 2 rings (SSSR count). The van der Waals surface area contributed by atoms with Crippen LogP contribution in [0.3, 0.4) is 0 Å². The fourth-order valence-corrected chi connectivity index (χ4v) is 3.86. The van der Waals surface area contributed by atoms with Gasteiger partial charge >= 0.3 is 17.9 Å². The van der Waals surface area contributed by atoms with Crippen LogP contribution in [-0.4, -0.2) is 47.9 Å². The van der Waals surface area contributed by atoms with Gasteiger partial charge in [0.25, 0.3) is 0 Å². The summed E-state index contributed by atoms with van der Waals surface area (Å²) in [5, 5.41) is 10.8. The standard InChI is InChI=1S/C25H36O7/c1-14(2)9-22(27)30-13-18-12-21(31-23(28)10-15(3)4)24-17(6)25(29)32-20(24)11-16(5)7-8-19(18)26/h7,12,14-15,19-21,24,26H,6,8-11,13H2,1-5H3/b16-7+,18-12+/t19-,20+,21-,24-/m1/s1. The Morgan fingerprint density at radius 3 is 2.44 bits per heavy atom. The van der Waals surface area contributed by atoms with Crippen LogP contribution in [0.1, 0.15) is 60.3 Å². The van der Waals surface area contributed by atoms with Crippen LogP contribution in [0, 0.1) is 17.8 Å². The number of aliphatic hydroxyl groups is 1. The maximum Gasteiger partial charge on any atom is 0.334 e. The lowest BCUT2D eigenvalue weighted by atomic mass is 9.85. The first kappa shape index (κ1) is 25.8. The molecule has 0 saturated carbocycles. The molecule has 0 aromatic carbocycles. The molecule has 1 saturated heterocycles. The van der Waals surface area contributed by atoms with Crippen molar-refractivity contribution in [1.29, 1.82) is 0 Å². The van der Waals surface area contributed by atoms with Crippen molar-refractivity contribution >= 4 is 17.9 Å². The molecule has 1 N–H and O–H groups in total. The molecule has 1 heterocycles. The smallest absolute Gasteiger partial charge is 0.334 e. The van der Waals surface area contributed by atoms with Gasteiger partial charge in [-0.3, -0.25) is 9.59 Å². The van der Waals surface area contributed by atoms with Crippen molar-refractivity contribution < 1.29 is 33.7 Å². The summed E-state index contributed by atoms with van der Waals surface area (Å²) in [7, 11) is 0. The Balaban J connectivity index is 2.40. The zero-order valence-electron chi connectivity index (χ0n) is 19.8. The Hall–Kier alpha value is -2.41. The minimum absolute atomic E-state index is 0.0960. The van der Waals surface area contributed by atoms with E-state index in [-0.39, 0.29) is 42.8 Å². The number of hydrogen-bond acceptors (Lipinski definition) is 7. The van der Waals surface area contributed by atoms with Crippen LogP contribution in [-0.2, 0) is 28.6 Å². The van der Waals surface area contributed by atoms with Gasteiger partial charge in [-0.05, 0) is 36.8 Å². The van der Waals surface area contributed by atoms with Gasteiger partial charge in [-0.15, -0.1) is 0 Å². The van der Waals surface area contributed by atoms with Crippen molar-refractivity contribution in [2.75, 3.05) is 6.61 Å². The van der Waals surface area contributed by atoms with Crippen LogP contribution in [0.2, 0.25) is 0 Å². The summed E-state index contributed by atoms with van der Waals surface area (Å²) < 4.78 is 16.7. The van der Waals surface area contributed by atoms with Crippen LogP contribution in [0.15, 0.2) is 35.5 Å². The lowest BCUT2D eigenvalue weighted by molar-refractivity contribution is -0.151. The Morgan fingerprint density at radius 2 is 1.81 bits per heavy atom. The quantitative estimate of drug-likeness (QED) is 0.275. The molecule has 7 nitrogen and oxygen atoms in total. The molecule has 1 aliphatic heterocycles. The minimum Gasteiger partial charge on any atom is -0.461 e. The zero-order valence-corrected chi connectivity index (χ0v) is 19.8. The summed E-state index contributed by atoms with van der Waals surface area (Å²) in [4.78, 5) is 36.9. The highest BCUT2D eigenvalue weighted by Gasteiger charge is 2.45. The van der Waals surface area contributed by atoms with E-state index < -0.39 is 36.2 Å². The molecule has 178 valence electrons. The summed E-state index contributed by atoms with van der Waals surface area (Å²) in [6, 6.07) is 0. The van der Waals surface area contributed by atoms with E-state index in [2.05, 4.69) is 6.58 Å². The van der Waals surface area contributed by atoms with E-state index in [1.165, 1.54) is 0 Å². The molecule has 0 aromatic heterocycles. The minimum atomic E-state index is -0.925. The molecule has 2 aliphatic rings. The molecule has 32 heavy (non-hydrogen) atoms.